The molecule has 0 saturated heterocycles. The molecule has 0 spiro atoms. The van der Waals surface area contributed by atoms with E-state index >= 15 is 0 Å². The lowest BCUT2D eigenvalue weighted by atomic mass is 10.2. The van der Waals surface area contributed by atoms with Crippen molar-refractivity contribution in [3.05, 3.63) is 29.8 Å². The summed E-state index contributed by atoms with van der Waals surface area (Å²) in [6.07, 6.45) is 0. The number of Topliss-reactive ketones (excluding diaryl/α,β-unsaturated/α-hetero) is 1. The van der Waals surface area contributed by atoms with Gasteiger partial charge < -0.3 is 4.74 Å². The molecule has 66 valence electrons. The normalized spacial score (nSPS) is 8.46. The third-order valence-electron chi connectivity index (χ3n) is 1.48. The lowest BCUT2D eigenvalue weighted by molar-refractivity contribution is -0.111. The van der Waals surface area contributed by atoms with Crippen LogP contribution in [0.2, 0.25) is 0 Å². The number of ketones is 1. The fourth-order valence-corrected chi connectivity index (χ4v) is 0.903. The smallest absolute Gasteiger partial charge is 0.202 e. The maximum absolute atomic E-state index is 10.6. The molecule has 0 aliphatic carbocycles. The number of benzene rings is 1. The topological polar surface area (TPSA) is 26.3 Å². The predicted octanol–water partition coefficient (Wildman–Crippen LogP) is 1.64. The van der Waals surface area contributed by atoms with Crippen LogP contribution in [0.25, 0.3) is 0 Å². The molecule has 2 heteroatoms. The van der Waals surface area contributed by atoms with Crippen molar-refractivity contribution in [3.63, 3.8) is 0 Å². The number of ether oxygens (including phenoxy) is 1. The molecule has 0 amide bonds. The Morgan fingerprint density at radius 1 is 1.38 bits per heavy atom. The summed E-state index contributed by atoms with van der Waals surface area (Å²) in [6.45, 7) is 1.43. The van der Waals surface area contributed by atoms with Crippen LogP contribution < -0.4 is 4.74 Å². The van der Waals surface area contributed by atoms with Crippen LogP contribution in [-0.2, 0) is 4.79 Å². The molecule has 0 aliphatic heterocycles. The summed E-state index contributed by atoms with van der Waals surface area (Å²) in [7, 11) is 1.58. The molecule has 1 rings (SSSR count). The van der Waals surface area contributed by atoms with Crippen molar-refractivity contribution >= 4 is 5.78 Å². The van der Waals surface area contributed by atoms with Crippen LogP contribution in [0, 0.1) is 11.8 Å². The fourth-order valence-electron chi connectivity index (χ4n) is 0.903. The second kappa shape index (κ2) is 4.32. The van der Waals surface area contributed by atoms with Crippen LogP contribution in [0.15, 0.2) is 24.3 Å². The third kappa shape index (κ3) is 2.64. The fraction of sp³-hybridized carbons (Fsp3) is 0.182. The van der Waals surface area contributed by atoms with E-state index < -0.39 is 0 Å². The van der Waals surface area contributed by atoms with E-state index in [0.717, 1.165) is 5.56 Å². The second-order valence-electron chi connectivity index (χ2n) is 2.51. The van der Waals surface area contributed by atoms with E-state index in [9.17, 15) is 4.79 Å². The number of rotatable bonds is 1. The van der Waals surface area contributed by atoms with Gasteiger partial charge in [0.2, 0.25) is 5.78 Å². The highest BCUT2D eigenvalue weighted by Gasteiger charge is 1.96. The monoisotopic (exact) mass is 174 g/mol. The summed E-state index contributed by atoms with van der Waals surface area (Å²) in [5.74, 6) is 5.75. The maximum atomic E-state index is 10.6. The van der Waals surface area contributed by atoms with Crippen molar-refractivity contribution in [1.29, 1.82) is 0 Å². The minimum absolute atomic E-state index is 0.147. The van der Waals surface area contributed by atoms with E-state index in [0.29, 0.717) is 5.75 Å². The molecule has 1 aromatic rings. The number of hydrogen-bond donors (Lipinski definition) is 0. The van der Waals surface area contributed by atoms with E-state index in [2.05, 4.69) is 11.8 Å². The number of carbonyl (C=O) groups is 1. The number of methoxy groups -OCH3 is 1. The highest BCUT2D eigenvalue weighted by atomic mass is 16.5. The van der Waals surface area contributed by atoms with Gasteiger partial charge in [-0.05, 0) is 18.1 Å². The molecule has 2 nitrogen and oxygen atoms in total. The van der Waals surface area contributed by atoms with Crippen molar-refractivity contribution in [2.75, 3.05) is 7.11 Å². The molecule has 0 unspecified atom stereocenters. The van der Waals surface area contributed by atoms with Gasteiger partial charge in [-0.15, -0.1) is 0 Å². The largest absolute Gasteiger partial charge is 0.495 e. The highest BCUT2D eigenvalue weighted by molar-refractivity contribution is 5.94. The highest BCUT2D eigenvalue weighted by Crippen LogP contribution is 2.15. The van der Waals surface area contributed by atoms with Gasteiger partial charge in [-0.1, -0.05) is 18.1 Å². The van der Waals surface area contributed by atoms with Crippen LogP contribution in [-0.4, -0.2) is 12.9 Å². The molecule has 0 saturated carbocycles. The van der Waals surface area contributed by atoms with Crippen molar-refractivity contribution in [2.24, 2.45) is 0 Å². The van der Waals surface area contributed by atoms with Crippen LogP contribution >= 0.6 is 0 Å². The van der Waals surface area contributed by atoms with Crippen molar-refractivity contribution in [3.8, 4) is 17.6 Å². The van der Waals surface area contributed by atoms with Crippen LogP contribution in [0.3, 0.4) is 0 Å². The van der Waals surface area contributed by atoms with Gasteiger partial charge in [-0.3, -0.25) is 4.79 Å². The first-order chi connectivity index (χ1) is 6.24. The molecule has 0 N–H and O–H groups in total. The molecular formula is C11H10O2. The third-order valence-corrected chi connectivity index (χ3v) is 1.48. The van der Waals surface area contributed by atoms with Crippen LogP contribution in [0.4, 0.5) is 0 Å². The Bertz CT molecular complexity index is 369. The standard InChI is InChI=1S/C11H10O2/c1-9(12)7-8-10-5-3-4-6-11(10)13-2/h3-6H,1-2H3. The zero-order valence-corrected chi connectivity index (χ0v) is 7.63. The molecule has 13 heavy (non-hydrogen) atoms. The number of hydrogen-bond acceptors (Lipinski definition) is 2. The molecule has 0 aliphatic rings. The first kappa shape index (κ1) is 9.34. The van der Waals surface area contributed by atoms with Gasteiger partial charge in [-0.25, -0.2) is 0 Å². The Labute approximate surface area is 77.5 Å². The summed E-state index contributed by atoms with van der Waals surface area (Å²) in [5.41, 5.74) is 0.736. The van der Waals surface area contributed by atoms with E-state index in [-0.39, 0.29) is 5.78 Å². The molecule has 0 fully saturated rings. The first-order valence-electron chi connectivity index (χ1n) is 3.89. The van der Waals surface area contributed by atoms with Gasteiger partial charge in [0, 0.05) is 6.92 Å². The Morgan fingerprint density at radius 3 is 2.69 bits per heavy atom. The van der Waals surface area contributed by atoms with Crippen molar-refractivity contribution in [1.82, 2.24) is 0 Å². The van der Waals surface area contributed by atoms with E-state index in [1.165, 1.54) is 6.92 Å². The lowest BCUT2D eigenvalue weighted by Gasteiger charge is -2.00. The number of carbonyl (C=O) groups excluding carboxylic acids is 1. The summed E-state index contributed by atoms with van der Waals surface area (Å²) in [5, 5.41) is 0. The van der Waals surface area contributed by atoms with Crippen LogP contribution in [0.1, 0.15) is 12.5 Å². The molecule has 0 heterocycles. The average Bonchev–Trinajstić information content (AvgIpc) is 2.15. The zero-order chi connectivity index (χ0) is 9.68. The van der Waals surface area contributed by atoms with Crippen LogP contribution in [0.5, 0.6) is 5.75 Å². The Kier molecular flexibility index (Phi) is 3.10. The van der Waals surface area contributed by atoms with Gasteiger partial charge in [-0.2, -0.15) is 0 Å². The van der Waals surface area contributed by atoms with Crippen molar-refractivity contribution in [2.45, 2.75) is 6.92 Å². The van der Waals surface area contributed by atoms with E-state index in [4.69, 9.17) is 4.74 Å². The molecule has 0 aromatic heterocycles. The zero-order valence-electron chi connectivity index (χ0n) is 7.63. The van der Waals surface area contributed by atoms with Gasteiger partial charge in [0.05, 0.1) is 12.7 Å². The van der Waals surface area contributed by atoms with Gasteiger partial charge >= 0.3 is 0 Å². The van der Waals surface area contributed by atoms with E-state index in [1.54, 1.807) is 7.11 Å². The SMILES string of the molecule is COc1ccccc1C#CC(C)=O. The van der Waals surface area contributed by atoms with Gasteiger partial charge in [0.15, 0.2) is 0 Å². The summed E-state index contributed by atoms with van der Waals surface area (Å²) in [4.78, 5) is 10.6. The summed E-state index contributed by atoms with van der Waals surface area (Å²) < 4.78 is 5.06. The summed E-state index contributed by atoms with van der Waals surface area (Å²) in [6, 6.07) is 7.34. The molecule has 0 radical (unpaired) electrons. The molecule has 0 bridgehead atoms. The Hall–Kier alpha value is -1.75. The average molecular weight is 174 g/mol. The maximum Gasteiger partial charge on any atom is 0.202 e. The molecular weight excluding hydrogens is 164 g/mol. The predicted molar refractivity (Wildman–Crippen MR) is 50.6 cm³/mol. The Balaban J connectivity index is 3.02. The first-order valence-corrected chi connectivity index (χ1v) is 3.89. The molecule has 0 atom stereocenters. The van der Waals surface area contributed by atoms with Gasteiger partial charge in [0.25, 0.3) is 0 Å². The van der Waals surface area contributed by atoms with Crippen molar-refractivity contribution < 1.29 is 9.53 Å². The minimum atomic E-state index is -0.147. The lowest BCUT2D eigenvalue weighted by Crippen LogP contribution is -1.87. The summed E-state index contributed by atoms with van der Waals surface area (Å²) >= 11 is 0. The second-order valence-corrected chi connectivity index (χ2v) is 2.51. The number of para-hydroxylation sites is 1. The van der Waals surface area contributed by atoms with Gasteiger partial charge in [0.1, 0.15) is 5.75 Å². The minimum Gasteiger partial charge on any atom is -0.495 e. The quantitative estimate of drug-likeness (QED) is 0.605. The Morgan fingerprint density at radius 2 is 2.08 bits per heavy atom. The van der Waals surface area contributed by atoms with E-state index in [1.807, 2.05) is 24.3 Å². The molecule has 1 aromatic carbocycles.